The van der Waals surface area contributed by atoms with Gasteiger partial charge in [0.15, 0.2) is 5.78 Å². The third-order valence-electron chi connectivity index (χ3n) is 1.43. The number of benzene rings is 1. The number of carbonyl (C=O) groups excluding carboxylic acids is 1. The van der Waals surface area contributed by atoms with E-state index in [0.717, 1.165) is 8.04 Å². The maximum atomic E-state index is 11.1. The van der Waals surface area contributed by atoms with E-state index >= 15 is 0 Å². The minimum Gasteiger partial charge on any atom is -0.324 e. The number of ketones is 1. The quantitative estimate of drug-likeness (QED) is 0.663. The van der Waals surface area contributed by atoms with Gasteiger partial charge in [0, 0.05) is 13.6 Å². The number of rotatable bonds is 2. The van der Waals surface area contributed by atoms with E-state index in [1.807, 2.05) is 6.07 Å². The topological polar surface area (TPSA) is 43.1 Å². The van der Waals surface area contributed by atoms with Crippen LogP contribution in [0.4, 0.5) is 0 Å². The summed E-state index contributed by atoms with van der Waals surface area (Å²) in [4.78, 5) is 11.1. The van der Waals surface area contributed by atoms with Crippen LogP contribution in [0.15, 0.2) is 22.7 Å². The second-order valence-corrected chi connectivity index (χ2v) is 4.27. The van der Waals surface area contributed by atoms with Crippen molar-refractivity contribution in [2.24, 2.45) is 5.73 Å². The zero-order valence-electron chi connectivity index (χ0n) is 6.18. The summed E-state index contributed by atoms with van der Waals surface area (Å²) in [5, 5.41) is 0. The maximum Gasteiger partial charge on any atom is 0.176 e. The summed E-state index contributed by atoms with van der Waals surface area (Å²) in [7, 11) is 0. The fourth-order valence-corrected chi connectivity index (χ4v) is 1.50. The number of halogens is 2. The van der Waals surface area contributed by atoms with Crippen LogP contribution >= 0.6 is 38.5 Å². The highest BCUT2D eigenvalue weighted by Crippen LogP contribution is 2.20. The van der Waals surface area contributed by atoms with E-state index in [2.05, 4.69) is 38.5 Å². The van der Waals surface area contributed by atoms with Crippen LogP contribution < -0.4 is 5.73 Å². The molecule has 0 aliphatic heterocycles. The van der Waals surface area contributed by atoms with Crippen LogP contribution in [0.3, 0.4) is 0 Å². The molecule has 0 spiro atoms. The largest absolute Gasteiger partial charge is 0.324 e. The molecule has 0 fully saturated rings. The SMILES string of the molecule is NCC(=O)c1ccc(I)c(Br)c1. The fourth-order valence-electron chi connectivity index (χ4n) is 0.787. The normalized spacial score (nSPS) is 9.92. The van der Waals surface area contributed by atoms with E-state index in [9.17, 15) is 4.79 Å². The molecule has 0 aromatic heterocycles. The summed E-state index contributed by atoms with van der Waals surface area (Å²) >= 11 is 5.53. The summed E-state index contributed by atoms with van der Waals surface area (Å²) in [6.07, 6.45) is 0. The van der Waals surface area contributed by atoms with E-state index in [0.29, 0.717) is 5.56 Å². The summed E-state index contributed by atoms with van der Waals surface area (Å²) < 4.78 is 2.02. The predicted octanol–water partition coefficient (Wildman–Crippen LogP) is 2.20. The molecule has 2 nitrogen and oxygen atoms in total. The summed E-state index contributed by atoms with van der Waals surface area (Å²) in [6, 6.07) is 5.45. The van der Waals surface area contributed by atoms with Crippen molar-refractivity contribution in [3.05, 3.63) is 31.8 Å². The van der Waals surface area contributed by atoms with E-state index in [1.165, 1.54) is 0 Å². The lowest BCUT2D eigenvalue weighted by Gasteiger charge is -1.99. The average molecular weight is 340 g/mol. The Morgan fingerprint density at radius 1 is 1.58 bits per heavy atom. The molecular weight excluding hydrogens is 333 g/mol. The van der Waals surface area contributed by atoms with Crippen molar-refractivity contribution in [1.82, 2.24) is 0 Å². The molecule has 12 heavy (non-hydrogen) atoms. The molecule has 2 N–H and O–H groups in total. The molecule has 0 saturated heterocycles. The average Bonchev–Trinajstić information content (AvgIpc) is 2.08. The summed E-state index contributed by atoms with van der Waals surface area (Å²) in [5.74, 6) is -0.0351. The molecule has 0 amide bonds. The molecule has 0 atom stereocenters. The first-order valence-corrected chi connectivity index (χ1v) is 5.20. The van der Waals surface area contributed by atoms with E-state index in [-0.39, 0.29) is 12.3 Å². The lowest BCUT2D eigenvalue weighted by atomic mass is 10.1. The zero-order chi connectivity index (χ0) is 9.14. The minimum atomic E-state index is -0.0351. The monoisotopic (exact) mass is 339 g/mol. The van der Waals surface area contributed by atoms with Crippen molar-refractivity contribution >= 4 is 44.3 Å². The number of hydrogen-bond acceptors (Lipinski definition) is 2. The zero-order valence-corrected chi connectivity index (χ0v) is 9.92. The van der Waals surface area contributed by atoms with Crippen molar-refractivity contribution in [3.63, 3.8) is 0 Å². The molecule has 0 heterocycles. The molecule has 1 rings (SSSR count). The first-order chi connectivity index (χ1) is 5.65. The molecule has 0 bridgehead atoms. The molecule has 0 radical (unpaired) electrons. The molecular formula is C8H7BrINO. The van der Waals surface area contributed by atoms with E-state index in [4.69, 9.17) is 5.73 Å². The van der Waals surface area contributed by atoms with Crippen LogP contribution in [0.5, 0.6) is 0 Å². The van der Waals surface area contributed by atoms with Crippen LogP contribution in [0.25, 0.3) is 0 Å². The number of hydrogen-bond donors (Lipinski definition) is 1. The molecule has 4 heteroatoms. The molecule has 1 aromatic carbocycles. The van der Waals surface area contributed by atoms with Crippen molar-refractivity contribution in [3.8, 4) is 0 Å². The van der Waals surface area contributed by atoms with Gasteiger partial charge in [0.2, 0.25) is 0 Å². The molecule has 0 aliphatic rings. The first kappa shape index (κ1) is 10.1. The van der Waals surface area contributed by atoms with Gasteiger partial charge in [-0.3, -0.25) is 4.79 Å². The fraction of sp³-hybridized carbons (Fsp3) is 0.125. The Morgan fingerprint density at radius 3 is 2.75 bits per heavy atom. The van der Waals surface area contributed by atoms with Crippen molar-refractivity contribution in [2.45, 2.75) is 0 Å². The maximum absolute atomic E-state index is 11.1. The van der Waals surface area contributed by atoms with Gasteiger partial charge in [-0.1, -0.05) is 6.07 Å². The van der Waals surface area contributed by atoms with Crippen LogP contribution in [0.2, 0.25) is 0 Å². The number of nitrogens with two attached hydrogens (primary N) is 1. The van der Waals surface area contributed by atoms with Gasteiger partial charge in [-0.15, -0.1) is 0 Å². The molecule has 0 unspecified atom stereocenters. The van der Waals surface area contributed by atoms with Gasteiger partial charge in [-0.25, -0.2) is 0 Å². The predicted molar refractivity (Wildman–Crippen MR) is 60.2 cm³/mol. The van der Waals surface area contributed by atoms with E-state index in [1.54, 1.807) is 12.1 Å². The third kappa shape index (κ3) is 2.27. The Labute approximate surface area is 92.8 Å². The van der Waals surface area contributed by atoms with Crippen molar-refractivity contribution < 1.29 is 4.79 Å². The smallest absolute Gasteiger partial charge is 0.176 e. The van der Waals surface area contributed by atoms with E-state index < -0.39 is 0 Å². The van der Waals surface area contributed by atoms with Gasteiger partial charge in [0.1, 0.15) is 0 Å². The number of Topliss-reactive ketones (excluding diaryl/α,β-unsaturated/α-hetero) is 1. The third-order valence-corrected chi connectivity index (χ3v) is 3.76. The Balaban J connectivity index is 3.05. The highest BCUT2D eigenvalue weighted by molar-refractivity contribution is 14.1. The van der Waals surface area contributed by atoms with Gasteiger partial charge in [-0.05, 0) is 50.7 Å². The Morgan fingerprint density at radius 2 is 2.25 bits per heavy atom. The summed E-state index contributed by atoms with van der Waals surface area (Å²) in [6.45, 7) is 0.0625. The van der Waals surface area contributed by atoms with Crippen molar-refractivity contribution in [1.29, 1.82) is 0 Å². The molecule has 1 aromatic rings. The highest BCUT2D eigenvalue weighted by Gasteiger charge is 2.04. The van der Waals surface area contributed by atoms with Crippen LogP contribution in [0, 0.1) is 3.57 Å². The highest BCUT2D eigenvalue weighted by atomic mass is 127. The number of carbonyl (C=O) groups is 1. The molecule has 0 saturated carbocycles. The van der Waals surface area contributed by atoms with Gasteiger partial charge < -0.3 is 5.73 Å². The van der Waals surface area contributed by atoms with Crippen LogP contribution in [0.1, 0.15) is 10.4 Å². The van der Waals surface area contributed by atoms with Gasteiger partial charge in [-0.2, -0.15) is 0 Å². The second kappa shape index (κ2) is 4.34. The van der Waals surface area contributed by atoms with Gasteiger partial charge in [0.25, 0.3) is 0 Å². The van der Waals surface area contributed by atoms with Crippen molar-refractivity contribution in [2.75, 3.05) is 6.54 Å². The minimum absolute atomic E-state index is 0.0351. The lowest BCUT2D eigenvalue weighted by Crippen LogP contribution is -2.13. The first-order valence-electron chi connectivity index (χ1n) is 3.33. The Kier molecular flexibility index (Phi) is 3.67. The van der Waals surface area contributed by atoms with Gasteiger partial charge >= 0.3 is 0 Å². The second-order valence-electron chi connectivity index (χ2n) is 2.26. The van der Waals surface area contributed by atoms with Gasteiger partial charge in [0.05, 0.1) is 6.54 Å². The molecule has 64 valence electrons. The standard InChI is InChI=1S/C8H7BrINO/c9-6-3-5(8(12)4-11)1-2-7(6)10/h1-3H,4,11H2. The van der Waals surface area contributed by atoms with Crippen LogP contribution in [-0.2, 0) is 0 Å². The lowest BCUT2D eigenvalue weighted by molar-refractivity contribution is 0.100. The molecule has 0 aliphatic carbocycles. The Bertz CT molecular complexity index is 314. The van der Waals surface area contributed by atoms with Crippen LogP contribution in [-0.4, -0.2) is 12.3 Å². The summed E-state index contributed by atoms with van der Waals surface area (Å²) in [5.41, 5.74) is 5.88. The Hall–Kier alpha value is 0.0600.